The Balaban J connectivity index is 1.68. The molecule has 0 aliphatic carbocycles. The molecule has 20 heavy (non-hydrogen) atoms. The Hall–Kier alpha value is -1.95. The van der Waals surface area contributed by atoms with Gasteiger partial charge < -0.3 is 10.2 Å². The number of nitrogens with one attached hydrogen (secondary N) is 1. The summed E-state index contributed by atoms with van der Waals surface area (Å²) in [6.07, 6.45) is 2.01. The van der Waals surface area contributed by atoms with Gasteiger partial charge in [0.1, 0.15) is 11.2 Å². The van der Waals surface area contributed by atoms with Crippen LogP contribution in [0.25, 0.3) is 0 Å². The third-order valence-corrected chi connectivity index (χ3v) is 4.20. The number of hydrogen-bond acceptors (Lipinski definition) is 5. The number of carbonyl (C=O) groups excluding carboxylic acids is 1. The van der Waals surface area contributed by atoms with Gasteiger partial charge in [-0.15, -0.1) is 0 Å². The van der Waals surface area contributed by atoms with Crippen molar-refractivity contribution in [2.24, 2.45) is 5.10 Å². The number of carbonyl (C=O) groups is 1. The average Bonchev–Trinajstić information content (AvgIpc) is 3.02. The van der Waals surface area contributed by atoms with Crippen LogP contribution in [0.2, 0.25) is 0 Å². The number of fused-ring (bicyclic) bond motifs is 1. The first-order valence-corrected chi connectivity index (χ1v) is 7.28. The Morgan fingerprint density at radius 3 is 2.90 bits per heavy atom. The van der Waals surface area contributed by atoms with E-state index < -0.39 is 0 Å². The number of nitrogens with zero attached hydrogens (tertiary/aromatic N) is 3. The van der Waals surface area contributed by atoms with E-state index >= 15 is 0 Å². The van der Waals surface area contributed by atoms with Gasteiger partial charge in [-0.2, -0.15) is 5.10 Å². The summed E-state index contributed by atoms with van der Waals surface area (Å²) in [5, 5.41) is 10.9. The molecule has 1 atom stereocenters. The normalized spacial score (nSPS) is 20.1. The number of rotatable bonds is 3. The molecule has 0 spiro atoms. The lowest BCUT2D eigenvalue weighted by Gasteiger charge is -2.17. The molecule has 104 valence electrons. The van der Waals surface area contributed by atoms with Crippen LogP contribution >= 0.6 is 11.8 Å². The predicted octanol–water partition coefficient (Wildman–Crippen LogP) is 1.76. The molecule has 1 aromatic rings. The molecule has 6 heteroatoms. The highest BCUT2D eigenvalue weighted by Gasteiger charge is 2.33. The van der Waals surface area contributed by atoms with E-state index in [2.05, 4.69) is 10.4 Å². The molecule has 0 fully saturated rings. The molecule has 0 saturated heterocycles. The summed E-state index contributed by atoms with van der Waals surface area (Å²) in [4.78, 5) is 14.1. The number of benzene rings is 1. The number of hydrogen-bond donors (Lipinski definition) is 1. The van der Waals surface area contributed by atoms with E-state index in [4.69, 9.17) is 0 Å². The lowest BCUT2D eigenvalue weighted by Crippen LogP contribution is -2.32. The summed E-state index contributed by atoms with van der Waals surface area (Å²) in [6, 6.07) is 9.95. The average molecular weight is 288 g/mol. The number of hydrazone groups is 1. The fourth-order valence-corrected chi connectivity index (χ4v) is 3.12. The Kier molecular flexibility index (Phi) is 3.40. The van der Waals surface area contributed by atoms with Crippen molar-refractivity contribution >= 4 is 22.7 Å². The lowest BCUT2D eigenvalue weighted by atomic mass is 10.2. The molecule has 0 saturated carbocycles. The molecule has 0 bridgehead atoms. The van der Waals surface area contributed by atoms with E-state index in [-0.39, 0.29) is 12.1 Å². The van der Waals surface area contributed by atoms with Crippen LogP contribution < -0.4 is 5.32 Å². The highest BCUT2D eigenvalue weighted by Crippen LogP contribution is 2.34. The minimum absolute atomic E-state index is 0.0404. The summed E-state index contributed by atoms with van der Waals surface area (Å²) >= 11 is 1.42. The van der Waals surface area contributed by atoms with Crippen molar-refractivity contribution in [2.45, 2.75) is 19.6 Å². The molecule has 1 aromatic carbocycles. The van der Waals surface area contributed by atoms with Crippen molar-refractivity contribution in [1.29, 1.82) is 0 Å². The summed E-state index contributed by atoms with van der Waals surface area (Å²) < 4.78 is 0. The molecule has 0 radical (unpaired) electrons. The monoisotopic (exact) mass is 288 g/mol. The second-order valence-corrected chi connectivity index (χ2v) is 5.83. The Morgan fingerprint density at radius 1 is 1.45 bits per heavy atom. The first-order chi connectivity index (χ1) is 9.65. The van der Waals surface area contributed by atoms with E-state index in [9.17, 15) is 4.79 Å². The fraction of sp³-hybridized carbons (Fsp3) is 0.286. The van der Waals surface area contributed by atoms with Crippen LogP contribution in [0.15, 0.2) is 46.7 Å². The van der Waals surface area contributed by atoms with Gasteiger partial charge in [-0.3, -0.25) is 4.79 Å². The molecule has 1 N–H and O–H groups in total. The highest BCUT2D eigenvalue weighted by atomic mass is 32.2. The van der Waals surface area contributed by atoms with Gasteiger partial charge in [0.2, 0.25) is 0 Å². The zero-order valence-corrected chi connectivity index (χ0v) is 12.2. The predicted molar refractivity (Wildman–Crippen MR) is 80.5 cm³/mol. The molecular weight excluding hydrogens is 272 g/mol. The molecular formula is C14H16N4OS. The van der Waals surface area contributed by atoms with E-state index in [1.165, 1.54) is 11.8 Å². The molecule has 2 aliphatic heterocycles. The van der Waals surface area contributed by atoms with Crippen LogP contribution in [0.1, 0.15) is 12.5 Å². The molecule has 0 aromatic heterocycles. The van der Waals surface area contributed by atoms with Crippen LogP contribution in [0.4, 0.5) is 0 Å². The molecule has 1 amide bonds. The van der Waals surface area contributed by atoms with Gasteiger partial charge in [0, 0.05) is 19.8 Å². The zero-order chi connectivity index (χ0) is 14.1. The van der Waals surface area contributed by atoms with Crippen molar-refractivity contribution in [1.82, 2.24) is 15.2 Å². The van der Waals surface area contributed by atoms with Gasteiger partial charge in [-0.25, -0.2) is 5.01 Å². The largest absolute Gasteiger partial charge is 0.368 e. The number of thioether (sulfide) groups is 1. The van der Waals surface area contributed by atoms with Crippen molar-refractivity contribution < 1.29 is 4.79 Å². The topological polar surface area (TPSA) is 47.9 Å². The number of amides is 1. The molecule has 5 nitrogen and oxygen atoms in total. The van der Waals surface area contributed by atoms with Gasteiger partial charge in [-0.1, -0.05) is 30.3 Å². The first-order valence-electron chi connectivity index (χ1n) is 6.46. The van der Waals surface area contributed by atoms with E-state index in [1.54, 1.807) is 11.9 Å². The van der Waals surface area contributed by atoms with Crippen molar-refractivity contribution in [3.8, 4) is 0 Å². The van der Waals surface area contributed by atoms with Crippen LogP contribution in [-0.2, 0) is 11.3 Å². The summed E-state index contributed by atoms with van der Waals surface area (Å²) in [5.74, 6) is -0.0404. The smallest absolute Gasteiger partial charge is 0.281 e. The maximum absolute atomic E-state index is 12.4. The molecule has 1 unspecified atom stereocenters. The Morgan fingerprint density at radius 2 is 2.20 bits per heavy atom. The van der Waals surface area contributed by atoms with Gasteiger partial charge in [0.05, 0.1) is 0 Å². The van der Waals surface area contributed by atoms with Crippen molar-refractivity contribution in [2.75, 3.05) is 7.05 Å². The van der Waals surface area contributed by atoms with Gasteiger partial charge in [0.25, 0.3) is 5.91 Å². The van der Waals surface area contributed by atoms with Crippen LogP contribution in [0.5, 0.6) is 0 Å². The second kappa shape index (κ2) is 5.20. The van der Waals surface area contributed by atoms with Gasteiger partial charge in [0.15, 0.2) is 5.04 Å². The maximum Gasteiger partial charge on any atom is 0.281 e. The third kappa shape index (κ3) is 2.38. The van der Waals surface area contributed by atoms with E-state index in [0.717, 1.165) is 10.6 Å². The van der Waals surface area contributed by atoms with Crippen molar-refractivity contribution in [3.05, 3.63) is 47.1 Å². The molecule has 2 heterocycles. The quantitative estimate of drug-likeness (QED) is 0.920. The van der Waals surface area contributed by atoms with E-state index in [1.807, 2.05) is 48.5 Å². The Labute approximate surface area is 122 Å². The summed E-state index contributed by atoms with van der Waals surface area (Å²) in [6.45, 7) is 2.60. The zero-order valence-electron chi connectivity index (χ0n) is 11.4. The third-order valence-electron chi connectivity index (χ3n) is 3.23. The molecule has 3 rings (SSSR count). The summed E-state index contributed by atoms with van der Waals surface area (Å²) in [7, 11) is 1.80. The standard InChI is InChI=1S/C14H16N4OS/c1-10-15-8-12-18(10)16-13(20-12)14(19)17(2)9-11-6-4-3-5-7-11/h3-8,10,15H,9H2,1-2H3. The Bertz CT molecular complexity index is 584. The minimum Gasteiger partial charge on any atom is -0.368 e. The highest BCUT2D eigenvalue weighted by molar-refractivity contribution is 8.19. The van der Waals surface area contributed by atoms with Gasteiger partial charge >= 0.3 is 0 Å². The maximum atomic E-state index is 12.4. The first kappa shape index (κ1) is 13.1. The van der Waals surface area contributed by atoms with Crippen LogP contribution in [0.3, 0.4) is 0 Å². The van der Waals surface area contributed by atoms with E-state index in [0.29, 0.717) is 11.6 Å². The van der Waals surface area contributed by atoms with Crippen molar-refractivity contribution in [3.63, 3.8) is 0 Å². The fourth-order valence-electron chi connectivity index (χ4n) is 2.13. The minimum atomic E-state index is -0.0404. The molecule has 2 aliphatic rings. The second-order valence-electron chi connectivity index (χ2n) is 4.82. The summed E-state index contributed by atoms with van der Waals surface area (Å²) in [5.41, 5.74) is 1.11. The SMILES string of the molecule is CC1NC=C2SC(C(=O)N(C)Cc3ccccc3)=NN21. The van der Waals surface area contributed by atoms with Crippen LogP contribution in [-0.4, -0.2) is 34.1 Å². The lowest BCUT2D eigenvalue weighted by molar-refractivity contribution is -0.123. The van der Waals surface area contributed by atoms with Gasteiger partial charge in [-0.05, 0) is 24.2 Å². The van der Waals surface area contributed by atoms with Crippen LogP contribution in [0, 0.1) is 0 Å².